The second-order valence-electron chi connectivity index (χ2n) is 9.92. The molecule has 10 heteroatoms. The van der Waals surface area contributed by atoms with Gasteiger partial charge in [-0.1, -0.05) is 48.5 Å². The van der Waals surface area contributed by atoms with Gasteiger partial charge in [-0.25, -0.2) is 0 Å². The van der Waals surface area contributed by atoms with Gasteiger partial charge in [0.15, 0.2) is 11.4 Å². The van der Waals surface area contributed by atoms with Crippen molar-refractivity contribution in [2.75, 3.05) is 14.1 Å². The van der Waals surface area contributed by atoms with Crippen LogP contribution in [0.25, 0.3) is 17.4 Å². The molecular weight excluding hydrogens is 492 g/mol. The van der Waals surface area contributed by atoms with Crippen LogP contribution < -0.4 is 5.73 Å². The lowest BCUT2D eigenvalue weighted by Crippen LogP contribution is -2.70. The van der Waals surface area contributed by atoms with Crippen LogP contribution >= 0.6 is 0 Å². The van der Waals surface area contributed by atoms with Gasteiger partial charge in [0, 0.05) is 5.92 Å². The maximum absolute atomic E-state index is 14.1. The van der Waals surface area contributed by atoms with Gasteiger partial charge in [-0.05, 0) is 36.9 Å². The molecule has 0 aliphatic heterocycles. The first-order valence-electron chi connectivity index (χ1n) is 11.8. The average Bonchev–Trinajstić information content (AvgIpc) is 2.86. The number of rotatable bonds is 3. The summed E-state index contributed by atoms with van der Waals surface area (Å²) in [6.45, 7) is 0. The number of hydrogen-bond acceptors (Lipinski definition) is 9. The Bertz CT molecular complexity index is 1490. The fourth-order valence-corrected chi connectivity index (χ4v) is 6.04. The number of fused-ring (bicyclic) bond motifs is 3. The van der Waals surface area contributed by atoms with Crippen LogP contribution in [-0.4, -0.2) is 79.7 Å². The molecule has 3 aliphatic rings. The van der Waals surface area contributed by atoms with Crippen LogP contribution in [0.5, 0.6) is 5.75 Å². The Balaban J connectivity index is 1.86. The highest BCUT2D eigenvalue weighted by molar-refractivity contribution is 6.25. The first-order chi connectivity index (χ1) is 17.9. The van der Waals surface area contributed by atoms with Crippen molar-refractivity contribution in [2.45, 2.75) is 17.7 Å². The fourth-order valence-electron chi connectivity index (χ4n) is 6.04. The maximum atomic E-state index is 14.1. The first kappa shape index (κ1) is 25.4. The van der Waals surface area contributed by atoms with Gasteiger partial charge in [0.2, 0.25) is 5.78 Å². The van der Waals surface area contributed by atoms with Gasteiger partial charge in [-0.2, -0.15) is 0 Å². The predicted molar refractivity (Wildman–Crippen MR) is 136 cm³/mol. The summed E-state index contributed by atoms with van der Waals surface area (Å²) >= 11 is 0. The number of aromatic hydroxyl groups is 1. The van der Waals surface area contributed by atoms with Crippen molar-refractivity contribution in [2.24, 2.45) is 17.6 Å². The summed E-state index contributed by atoms with van der Waals surface area (Å²) in [4.78, 5) is 40.8. The number of carbonyl (C=O) groups is 3. The fraction of sp³-hybridized carbons (Fsp3) is 0.250. The zero-order valence-corrected chi connectivity index (χ0v) is 20.5. The summed E-state index contributed by atoms with van der Waals surface area (Å²) in [5, 5.41) is 56.5. The van der Waals surface area contributed by atoms with Gasteiger partial charge in [-0.15, -0.1) is 0 Å². The van der Waals surface area contributed by atoms with Crippen LogP contribution in [0.2, 0.25) is 0 Å². The van der Waals surface area contributed by atoms with E-state index in [-0.39, 0.29) is 11.3 Å². The molecule has 2 aromatic carbocycles. The third-order valence-electron chi connectivity index (χ3n) is 7.65. The van der Waals surface area contributed by atoms with Crippen molar-refractivity contribution in [1.29, 1.82) is 0 Å². The molecule has 0 saturated heterocycles. The van der Waals surface area contributed by atoms with E-state index in [4.69, 9.17) is 5.73 Å². The number of hydrogen-bond donors (Lipinski definition) is 6. The SMILES string of the molecule is CN(C)C1C(=O)C(C(N)=O)=C(O)C2(O)C(=O)C3=C(O)c4c(O)cccc4/C(=C\c4ccccc4)C3C(O)C12. The largest absolute Gasteiger partial charge is 0.508 e. The van der Waals surface area contributed by atoms with Gasteiger partial charge >= 0.3 is 0 Å². The van der Waals surface area contributed by atoms with Crippen LogP contribution in [0.3, 0.4) is 0 Å². The molecule has 0 aromatic heterocycles. The first-order valence-corrected chi connectivity index (χ1v) is 11.8. The topological polar surface area (TPSA) is 182 Å². The summed E-state index contributed by atoms with van der Waals surface area (Å²) in [5.41, 5.74) is 2.19. The number of aliphatic hydroxyl groups excluding tert-OH is 3. The van der Waals surface area contributed by atoms with Crippen LogP contribution in [0, 0.1) is 11.8 Å². The number of primary amides is 1. The molecule has 0 spiro atoms. The Labute approximate surface area is 217 Å². The molecule has 0 radical (unpaired) electrons. The van der Waals surface area contributed by atoms with Crippen LogP contribution in [-0.2, 0) is 14.4 Å². The van der Waals surface area contributed by atoms with E-state index >= 15 is 0 Å². The normalized spacial score (nSPS) is 29.9. The number of nitrogens with zero attached hydrogens (tertiary/aromatic N) is 1. The second-order valence-corrected chi connectivity index (χ2v) is 9.92. The monoisotopic (exact) mass is 518 g/mol. The highest BCUT2D eigenvalue weighted by atomic mass is 16.4. The number of Topliss-reactive ketones (excluding diaryl/α,β-unsaturated/α-hetero) is 2. The number of benzene rings is 2. The van der Waals surface area contributed by atoms with E-state index in [0.29, 0.717) is 16.7 Å². The van der Waals surface area contributed by atoms with E-state index in [0.717, 1.165) is 0 Å². The predicted octanol–water partition coefficient (Wildman–Crippen LogP) is 0.933. The number of amides is 1. The smallest absolute Gasteiger partial charge is 0.255 e. The van der Waals surface area contributed by atoms with Gasteiger partial charge in [0.25, 0.3) is 5.91 Å². The Hall–Kier alpha value is -4.25. The molecule has 5 rings (SSSR count). The van der Waals surface area contributed by atoms with Crippen LogP contribution in [0.4, 0.5) is 0 Å². The lowest BCUT2D eigenvalue weighted by atomic mass is 9.55. The van der Waals surface area contributed by atoms with Crippen molar-refractivity contribution in [3.63, 3.8) is 0 Å². The highest BCUT2D eigenvalue weighted by Gasteiger charge is 2.68. The molecule has 1 amide bonds. The molecule has 38 heavy (non-hydrogen) atoms. The van der Waals surface area contributed by atoms with Gasteiger partial charge in [0.1, 0.15) is 22.8 Å². The van der Waals surface area contributed by atoms with Crippen molar-refractivity contribution < 1.29 is 39.9 Å². The minimum Gasteiger partial charge on any atom is -0.508 e. The molecule has 0 bridgehead atoms. The Kier molecular flexibility index (Phi) is 5.79. The number of phenolic OH excluding ortho intramolecular Hbond substituents is 1. The number of ketones is 2. The zero-order valence-electron chi connectivity index (χ0n) is 20.5. The van der Waals surface area contributed by atoms with Crippen molar-refractivity contribution in [3.05, 3.63) is 82.1 Å². The third kappa shape index (κ3) is 3.27. The van der Waals surface area contributed by atoms with Crippen LogP contribution in [0.1, 0.15) is 16.7 Å². The molecular formula is C28H26N2O8. The summed E-state index contributed by atoms with van der Waals surface area (Å²) in [6.07, 6.45) is -0.0379. The van der Waals surface area contributed by atoms with E-state index in [2.05, 4.69) is 0 Å². The molecule has 3 aliphatic carbocycles. The molecule has 10 nitrogen and oxygen atoms in total. The molecule has 1 saturated carbocycles. The van der Waals surface area contributed by atoms with Crippen molar-refractivity contribution in [1.82, 2.24) is 4.90 Å². The number of nitrogens with two attached hydrogens (primary N) is 1. The minimum atomic E-state index is -2.97. The zero-order chi connectivity index (χ0) is 27.7. The molecule has 2 aromatic rings. The highest BCUT2D eigenvalue weighted by Crippen LogP contribution is 2.56. The Morgan fingerprint density at radius 1 is 1.03 bits per heavy atom. The van der Waals surface area contributed by atoms with Gasteiger partial charge in [-0.3, -0.25) is 19.3 Å². The van der Waals surface area contributed by atoms with E-state index in [1.165, 1.54) is 25.1 Å². The lowest BCUT2D eigenvalue weighted by Gasteiger charge is -2.53. The number of aliphatic hydroxyl groups is 4. The molecule has 1 fully saturated rings. The van der Waals surface area contributed by atoms with E-state index in [1.807, 2.05) is 0 Å². The Morgan fingerprint density at radius 3 is 2.29 bits per heavy atom. The minimum absolute atomic E-state index is 0.0989. The summed E-state index contributed by atoms with van der Waals surface area (Å²) in [7, 11) is 2.91. The van der Waals surface area contributed by atoms with Gasteiger partial charge in [0.05, 0.1) is 29.2 Å². The molecule has 7 N–H and O–H groups in total. The van der Waals surface area contributed by atoms with E-state index < -0.39 is 69.7 Å². The molecule has 5 unspecified atom stereocenters. The number of carbonyl (C=O) groups excluding carboxylic acids is 3. The maximum Gasteiger partial charge on any atom is 0.255 e. The standard InChI is InChI=1S/C28H26N2O8/c1-30(2)21-20-23(33)17-14(11-12-7-4-3-5-8-12)13-9-6-10-15(31)16(13)22(32)18(17)25(35)28(20,38)26(36)19(24(21)34)27(29)37/h3-11,17,20-21,23,31-33,36,38H,1-2H3,(H2,29,37)/b14-11+. The molecule has 196 valence electrons. The summed E-state index contributed by atoms with van der Waals surface area (Å²) in [6, 6.07) is 12.0. The second kappa shape index (κ2) is 8.66. The van der Waals surface area contributed by atoms with Crippen molar-refractivity contribution >= 4 is 34.9 Å². The van der Waals surface area contributed by atoms with E-state index in [9.17, 15) is 39.9 Å². The van der Waals surface area contributed by atoms with Crippen LogP contribution in [0.15, 0.2) is 65.4 Å². The number of phenols is 1. The summed E-state index contributed by atoms with van der Waals surface area (Å²) < 4.78 is 0. The lowest BCUT2D eigenvalue weighted by molar-refractivity contribution is -0.166. The number of likely N-dealkylation sites (N-methyl/N-ethyl adjacent to an activating group) is 1. The van der Waals surface area contributed by atoms with Crippen molar-refractivity contribution in [3.8, 4) is 5.75 Å². The third-order valence-corrected chi connectivity index (χ3v) is 7.65. The Morgan fingerprint density at radius 2 is 1.68 bits per heavy atom. The average molecular weight is 519 g/mol. The summed E-state index contributed by atoms with van der Waals surface area (Å²) in [5.74, 6) is -8.78. The van der Waals surface area contributed by atoms with E-state index in [1.54, 1.807) is 48.5 Å². The molecule has 0 heterocycles. The van der Waals surface area contributed by atoms with Gasteiger partial charge < -0.3 is 31.3 Å². The molecule has 5 atom stereocenters. The quantitative estimate of drug-likeness (QED) is 0.322.